The highest BCUT2D eigenvalue weighted by Gasteiger charge is 2.19. The topological polar surface area (TPSA) is 49.0 Å². The van der Waals surface area contributed by atoms with Crippen LogP contribution in [0.3, 0.4) is 0 Å². The molecule has 138 valence electrons. The van der Waals surface area contributed by atoms with Crippen molar-refractivity contribution in [1.82, 2.24) is 14.9 Å². The maximum atomic E-state index is 13.1. The van der Waals surface area contributed by atoms with Crippen LogP contribution in [0.25, 0.3) is 20.7 Å². The summed E-state index contributed by atoms with van der Waals surface area (Å²) in [6, 6.07) is 10.4. The molecule has 0 saturated carbocycles. The fourth-order valence-corrected chi connectivity index (χ4v) is 4.77. The third-order valence-corrected chi connectivity index (χ3v) is 6.43. The number of aromatic amines is 1. The van der Waals surface area contributed by atoms with E-state index in [1.165, 1.54) is 23.5 Å². The quantitative estimate of drug-likeness (QED) is 0.511. The fraction of sp³-hybridized carbons (Fsp3) is 0.200. The van der Waals surface area contributed by atoms with E-state index in [4.69, 9.17) is 4.98 Å². The maximum absolute atomic E-state index is 13.1. The zero-order valence-electron chi connectivity index (χ0n) is 14.9. The summed E-state index contributed by atoms with van der Waals surface area (Å²) in [5.41, 5.74) is 1.84. The van der Waals surface area contributed by atoms with E-state index in [0.717, 1.165) is 20.8 Å². The molecule has 0 aliphatic rings. The average Bonchev–Trinajstić information content (AvgIpc) is 3.32. The van der Waals surface area contributed by atoms with Gasteiger partial charge in [-0.25, -0.2) is 9.37 Å². The summed E-state index contributed by atoms with van der Waals surface area (Å²) in [5.74, 6) is 0.391. The van der Waals surface area contributed by atoms with Crippen LogP contribution in [0.4, 0.5) is 4.39 Å². The lowest BCUT2D eigenvalue weighted by atomic mass is 10.1. The molecule has 1 atom stereocenters. The zero-order chi connectivity index (χ0) is 19.0. The Bertz CT molecular complexity index is 1120. The van der Waals surface area contributed by atoms with Gasteiger partial charge in [-0.05, 0) is 43.1 Å². The molecule has 27 heavy (non-hydrogen) atoms. The van der Waals surface area contributed by atoms with E-state index >= 15 is 0 Å². The van der Waals surface area contributed by atoms with Crippen LogP contribution < -0.4 is 5.56 Å². The minimum absolute atomic E-state index is 0.0839. The monoisotopic (exact) mass is 399 g/mol. The Morgan fingerprint density at radius 3 is 2.70 bits per heavy atom. The summed E-state index contributed by atoms with van der Waals surface area (Å²) in [6.07, 6.45) is 0. The van der Waals surface area contributed by atoms with E-state index < -0.39 is 0 Å². The molecule has 0 amide bonds. The van der Waals surface area contributed by atoms with Crippen molar-refractivity contribution in [2.45, 2.75) is 19.5 Å². The average molecular weight is 400 g/mol. The largest absolute Gasteiger partial charge is 0.309 e. The van der Waals surface area contributed by atoms with Gasteiger partial charge >= 0.3 is 0 Å². The van der Waals surface area contributed by atoms with Crippen LogP contribution in [0, 0.1) is 5.82 Å². The van der Waals surface area contributed by atoms with Crippen molar-refractivity contribution < 1.29 is 4.39 Å². The molecule has 3 heterocycles. The third kappa shape index (κ3) is 3.58. The molecular formula is C20H18FN3OS2. The normalized spacial score (nSPS) is 12.7. The van der Waals surface area contributed by atoms with Gasteiger partial charge in [0.2, 0.25) is 0 Å². The molecular weight excluding hydrogens is 381 g/mol. The summed E-state index contributed by atoms with van der Waals surface area (Å²) in [4.78, 5) is 24.3. The van der Waals surface area contributed by atoms with Crippen molar-refractivity contribution in [3.63, 3.8) is 0 Å². The first kappa shape index (κ1) is 18.0. The molecule has 1 aromatic carbocycles. The Labute approximate surface area is 163 Å². The van der Waals surface area contributed by atoms with Crippen molar-refractivity contribution in [2.24, 2.45) is 0 Å². The predicted octanol–water partition coefficient (Wildman–Crippen LogP) is 5.05. The number of nitrogens with one attached hydrogen (secondary N) is 1. The molecule has 0 aliphatic carbocycles. The summed E-state index contributed by atoms with van der Waals surface area (Å²) in [7, 11) is 1.96. The molecule has 0 fully saturated rings. The summed E-state index contributed by atoms with van der Waals surface area (Å²) in [5, 5.41) is 4.65. The Kier molecular flexibility index (Phi) is 4.90. The summed E-state index contributed by atoms with van der Waals surface area (Å²) >= 11 is 3.10. The van der Waals surface area contributed by atoms with Crippen LogP contribution in [0.5, 0.6) is 0 Å². The van der Waals surface area contributed by atoms with E-state index in [0.29, 0.717) is 17.8 Å². The highest BCUT2D eigenvalue weighted by molar-refractivity contribution is 7.18. The lowest BCUT2D eigenvalue weighted by molar-refractivity contribution is 0.244. The van der Waals surface area contributed by atoms with Crippen LogP contribution in [-0.2, 0) is 6.54 Å². The zero-order valence-corrected chi connectivity index (χ0v) is 16.5. The Morgan fingerprint density at radius 2 is 2.00 bits per heavy atom. The van der Waals surface area contributed by atoms with Gasteiger partial charge in [0, 0.05) is 22.4 Å². The number of fused-ring (bicyclic) bond motifs is 1. The van der Waals surface area contributed by atoms with Gasteiger partial charge in [-0.2, -0.15) is 0 Å². The van der Waals surface area contributed by atoms with E-state index in [9.17, 15) is 9.18 Å². The van der Waals surface area contributed by atoms with Gasteiger partial charge in [-0.3, -0.25) is 9.69 Å². The second-order valence-corrected chi connectivity index (χ2v) is 8.28. The molecule has 0 saturated heterocycles. The Morgan fingerprint density at radius 1 is 1.22 bits per heavy atom. The van der Waals surface area contributed by atoms with Crippen LogP contribution in [-0.4, -0.2) is 21.9 Å². The number of benzene rings is 1. The highest BCUT2D eigenvalue weighted by Crippen LogP contribution is 2.34. The maximum Gasteiger partial charge on any atom is 0.260 e. The van der Waals surface area contributed by atoms with E-state index in [1.807, 2.05) is 36.9 Å². The molecule has 7 heteroatoms. The minimum Gasteiger partial charge on any atom is -0.309 e. The molecule has 0 bridgehead atoms. The first-order valence-electron chi connectivity index (χ1n) is 8.53. The van der Waals surface area contributed by atoms with Gasteiger partial charge in [-0.1, -0.05) is 18.2 Å². The smallest absolute Gasteiger partial charge is 0.260 e. The number of thiophene rings is 2. The number of nitrogens with zero attached hydrogens (tertiary/aromatic N) is 2. The van der Waals surface area contributed by atoms with Crippen molar-refractivity contribution in [2.75, 3.05) is 7.05 Å². The third-order valence-electron chi connectivity index (χ3n) is 4.65. The molecule has 3 aromatic heterocycles. The number of rotatable bonds is 5. The lowest BCUT2D eigenvalue weighted by Crippen LogP contribution is -2.25. The summed E-state index contributed by atoms with van der Waals surface area (Å²) < 4.78 is 13.1. The van der Waals surface area contributed by atoms with Crippen LogP contribution in [0.15, 0.2) is 52.0 Å². The van der Waals surface area contributed by atoms with Crippen LogP contribution in [0.2, 0.25) is 0 Å². The number of hydrogen-bond acceptors (Lipinski definition) is 5. The SMILES string of the molecule is C[C@H](c1nc2scc(-c3cccs3)c2c(=O)[nH]1)N(C)Cc1ccc(F)cc1. The van der Waals surface area contributed by atoms with E-state index in [2.05, 4.69) is 9.88 Å². The fourth-order valence-electron chi connectivity index (χ4n) is 3.00. The molecule has 4 nitrogen and oxygen atoms in total. The van der Waals surface area contributed by atoms with Crippen molar-refractivity contribution in [1.29, 1.82) is 0 Å². The molecule has 4 aromatic rings. The number of halogens is 1. The molecule has 0 aliphatic heterocycles. The van der Waals surface area contributed by atoms with Gasteiger partial charge < -0.3 is 4.98 Å². The number of hydrogen-bond donors (Lipinski definition) is 1. The van der Waals surface area contributed by atoms with Crippen molar-refractivity contribution in [3.8, 4) is 10.4 Å². The standard InChI is InChI=1S/C20H18FN3OS2/c1-12(24(2)10-13-5-7-14(21)8-6-13)18-22-19(25)17-15(11-27-20(17)23-18)16-4-3-9-26-16/h3-9,11-12H,10H2,1-2H3,(H,22,23,25)/t12-/m1/s1. The predicted molar refractivity (Wildman–Crippen MR) is 110 cm³/mol. The van der Waals surface area contributed by atoms with Gasteiger partial charge in [-0.15, -0.1) is 22.7 Å². The minimum atomic E-state index is -0.245. The van der Waals surface area contributed by atoms with E-state index in [-0.39, 0.29) is 17.4 Å². The number of H-pyrrole nitrogens is 1. The second-order valence-electron chi connectivity index (χ2n) is 6.48. The molecule has 1 N–H and O–H groups in total. The first-order chi connectivity index (χ1) is 13.0. The van der Waals surface area contributed by atoms with Crippen LogP contribution >= 0.6 is 22.7 Å². The van der Waals surface area contributed by atoms with Crippen molar-refractivity contribution >= 4 is 32.9 Å². The van der Waals surface area contributed by atoms with Gasteiger partial charge in [0.05, 0.1) is 11.4 Å². The molecule has 4 rings (SSSR count). The van der Waals surface area contributed by atoms with Crippen LogP contribution in [0.1, 0.15) is 24.4 Å². The Balaban J connectivity index is 1.63. The highest BCUT2D eigenvalue weighted by atomic mass is 32.1. The van der Waals surface area contributed by atoms with Gasteiger partial charge in [0.1, 0.15) is 16.5 Å². The first-order valence-corrected chi connectivity index (χ1v) is 10.3. The van der Waals surface area contributed by atoms with Gasteiger partial charge in [0.15, 0.2) is 0 Å². The molecule has 0 radical (unpaired) electrons. The second kappa shape index (κ2) is 7.34. The molecule has 0 spiro atoms. The van der Waals surface area contributed by atoms with Gasteiger partial charge in [0.25, 0.3) is 5.56 Å². The summed E-state index contributed by atoms with van der Waals surface area (Å²) in [6.45, 7) is 2.63. The Hall–Kier alpha value is -2.35. The molecule has 0 unspecified atom stereocenters. The number of aromatic nitrogens is 2. The lowest BCUT2D eigenvalue weighted by Gasteiger charge is -2.24. The van der Waals surface area contributed by atoms with E-state index in [1.54, 1.807) is 23.5 Å². The van der Waals surface area contributed by atoms with Crippen molar-refractivity contribution in [3.05, 3.63) is 74.7 Å².